The molecule has 0 radical (unpaired) electrons. The van der Waals surface area contributed by atoms with Crippen LogP contribution in [-0.4, -0.2) is 10.3 Å². The predicted molar refractivity (Wildman–Crippen MR) is 38.1 cm³/mol. The molecule has 2 aromatic rings. The Hall–Kier alpha value is -1.89. The van der Waals surface area contributed by atoms with E-state index in [1.165, 1.54) is 0 Å². The summed E-state index contributed by atoms with van der Waals surface area (Å²) in [4.78, 5) is 3.24. The third kappa shape index (κ3) is 0.829. The molecular weight excluding hydrogens is 142 g/mol. The van der Waals surface area contributed by atoms with Gasteiger partial charge in [0.2, 0.25) is 0 Å². The second kappa shape index (κ2) is 2.06. The molecule has 0 saturated carbocycles. The molecule has 0 amide bonds. The smallest absolute Gasteiger partial charge is 0.189 e. The highest BCUT2D eigenvalue weighted by atomic mass is 16.6. The Bertz CT molecular complexity index is 426. The van der Waals surface area contributed by atoms with Crippen molar-refractivity contribution in [3.8, 4) is 0 Å². The zero-order chi connectivity index (χ0) is 7.68. The lowest BCUT2D eigenvalue weighted by atomic mass is 10.3. The molecular formula is C7H3N3O. The van der Waals surface area contributed by atoms with Crippen LogP contribution in [0.15, 0.2) is 22.8 Å². The molecule has 1 heterocycles. The lowest BCUT2D eigenvalue weighted by Crippen LogP contribution is -1.66. The molecule has 0 fully saturated rings. The van der Waals surface area contributed by atoms with Gasteiger partial charge in [0.05, 0.1) is 6.57 Å². The van der Waals surface area contributed by atoms with Crippen LogP contribution in [0.2, 0.25) is 0 Å². The highest BCUT2D eigenvalue weighted by Crippen LogP contribution is 2.17. The van der Waals surface area contributed by atoms with E-state index in [0.717, 1.165) is 0 Å². The van der Waals surface area contributed by atoms with E-state index in [0.29, 0.717) is 16.7 Å². The Kier molecular flexibility index (Phi) is 1.10. The Morgan fingerprint density at radius 2 is 2.09 bits per heavy atom. The summed E-state index contributed by atoms with van der Waals surface area (Å²) in [7, 11) is 0. The number of rotatable bonds is 0. The SMILES string of the molecule is [C-]#[N+]c1ccc2nonc2c1. The molecule has 4 heteroatoms. The van der Waals surface area contributed by atoms with Crippen molar-refractivity contribution >= 4 is 16.7 Å². The van der Waals surface area contributed by atoms with E-state index in [9.17, 15) is 0 Å². The third-order valence-corrected chi connectivity index (χ3v) is 1.37. The molecule has 0 aliphatic heterocycles. The summed E-state index contributed by atoms with van der Waals surface area (Å²) in [5, 5.41) is 7.20. The van der Waals surface area contributed by atoms with Crippen LogP contribution in [0, 0.1) is 6.57 Å². The van der Waals surface area contributed by atoms with Crippen LogP contribution in [0.25, 0.3) is 15.9 Å². The summed E-state index contributed by atoms with van der Waals surface area (Å²) in [6.45, 7) is 6.72. The predicted octanol–water partition coefficient (Wildman–Crippen LogP) is 1.77. The summed E-state index contributed by atoms with van der Waals surface area (Å²) in [6, 6.07) is 5.03. The van der Waals surface area contributed by atoms with E-state index in [-0.39, 0.29) is 0 Å². The maximum absolute atomic E-state index is 6.72. The van der Waals surface area contributed by atoms with Crippen molar-refractivity contribution < 1.29 is 4.63 Å². The van der Waals surface area contributed by atoms with Crippen molar-refractivity contribution in [2.75, 3.05) is 0 Å². The van der Waals surface area contributed by atoms with Gasteiger partial charge in [-0.25, -0.2) is 9.47 Å². The molecule has 0 spiro atoms. The summed E-state index contributed by atoms with van der Waals surface area (Å²) in [6.07, 6.45) is 0. The van der Waals surface area contributed by atoms with Crippen LogP contribution in [0.5, 0.6) is 0 Å². The summed E-state index contributed by atoms with van der Waals surface area (Å²) in [5.41, 5.74) is 1.85. The standard InChI is InChI=1S/C7H3N3O/c1-8-5-2-3-6-7(4-5)10-11-9-6/h2-4H. The van der Waals surface area contributed by atoms with Gasteiger partial charge >= 0.3 is 0 Å². The fourth-order valence-corrected chi connectivity index (χ4v) is 0.840. The van der Waals surface area contributed by atoms with Gasteiger partial charge in [-0.3, -0.25) is 0 Å². The minimum atomic E-state index is 0.549. The normalized spacial score (nSPS) is 9.73. The van der Waals surface area contributed by atoms with Gasteiger partial charge in [0, 0.05) is 0 Å². The first kappa shape index (κ1) is 5.86. The Morgan fingerprint density at radius 1 is 1.27 bits per heavy atom. The number of hydrogen-bond acceptors (Lipinski definition) is 3. The van der Waals surface area contributed by atoms with Gasteiger partial charge in [-0.15, -0.1) is 0 Å². The molecule has 11 heavy (non-hydrogen) atoms. The van der Waals surface area contributed by atoms with E-state index >= 15 is 0 Å². The molecule has 0 atom stereocenters. The van der Waals surface area contributed by atoms with Gasteiger partial charge in [0.25, 0.3) is 0 Å². The highest BCUT2D eigenvalue weighted by Gasteiger charge is 1.99. The van der Waals surface area contributed by atoms with E-state index in [1.807, 2.05) is 0 Å². The van der Waals surface area contributed by atoms with Crippen molar-refractivity contribution in [2.24, 2.45) is 0 Å². The van der Waals surface area contributed by atoms with Crippen molar-refractivity contribution in [1.82, 2.24) is 10.3 Å². The van der Waals surface area contributed by atoms with Gasteiger partial charge in [0.1, 0.15) is 11.0 Å². The zero-order valence-electron chi connectivity index (χ0n) is 5.48. The van der Waals surface area contributed by atoms with E-state index in [2.05, 4.69) is 19.8 Å². The first-order valence-corrected chi connectivity index (χ1v) is 3.00. The number of fused-ring (bicyclic) bond motifs is 1. The molecule has 52 valence electrons. The average molecular weight is 145 g/mol. The van der Waals surface area contributed by atoms with E-state index < -0.39 is 0 Å². The van der Waals surface area contributed by atoms with Gasteiger partial charge in [-0.05, 0) is 17.3 Å². The molecule has 0 aliphatic carbocycles. The van der Waals surface area contributed by atoms with Crippen molar-refractivity contribution in [1.29, 1.82) is 0 Å². The van der Waals surface area contributed by atoms with Crippen molar-refractivity contribution in [3.05, 3.63) is 29.6 Å². The molecule has 1 aromatic carbocycles. The summed E-state index contributed by atoms with van der Waals surface area (Å²) < 4.78 is 4.46. The van der Waals surface area contributed by atoms with E-state index in [1.54, 1.807) is 18.2 Å². The third-order valence-electron chi connectivity index (χ3n) is 1.37. The van der Waals surface area contributed by atoms with Crippen LogP contribution in [0.3, 0.4) is 0 Å². The Balaban J connectivity index is 2.79. The van der Waals surface area contributed by atoms with Crippen molar-refractivity contribution in [2.45, 2.75) is 0 Å². The largest absolute Gasteiger partial charge is 0.243 e. The molecule has 2 rings (SSSR count). The number of aromatic nitrogens is 2. The fourth-order valence-electron chi connectivity index (χ4n) is 0.840. The molecule has 0 aliphatic rings. The summed E-state index contributed by atoms with van der Waals surface area (Å²) >= 11 is 0. The maximum Gasteiger partial charge on any atom is 0.189 e. The van der Waals surface area contributed by atoms with Crippen LogP contribution in [0.1, 0.15) is 0 Å². The fraction of sp³-hybridized carbons (Fsp3) is 0. The minimum absolute atomic E-state index is 0.549. The van der Waals surface area contributed by atoms with Crippen LogP contribution in [0.4, 0.5) is 5.69 Å². The Labute approximate surface area is 62.2 Å². The van der Waals surface area contributed by atoms with E-state index in [4.69, 9.17) is 6.57 Å². The van der Waals surface area contributed by atoms with Crippen LogP contribution >= 0.6 is 0 Å². The first-order chi connectivity index (χ1) is 5.40. The van der Waals surface area contributed by atoms with Crippen LogP contribution < -0.4 is 0 Å². The van der Waals surface area contributed by atoms with Crippen LogP contribution in [-0.2, 0) is 0 Å². The summed E-state index contributed by atoms with van der Waals surface area (Å²) in [5.74, 6) is 0. The quantitative estimate of drug-likeness (QED) is 0.530. The molecule has 4 nitrogen and oxygen atoms in total. The van der Waals surface area contributed by atoms with Gasteiger partial charge in [-0.2, -0.15) is 0 Å². The van der Waals surface area contributed by atoms with Crippen molar-refractivity contribution in [3.63, 3.8) is 0 Å². The monoisotopic (exact) mass is 145 g/mol. The highest BCUT2D eigenvalue weighted by molar-refractivity contribution is 5.77. The minimum Gasteiger partial charge on any atom is -0.243 e. The molecule has 1 aromatic heterocycles. The Morgan fingerprint density at radius 3 is 2.91 bits per heavy atom. The molecule has 0 N–H and O–H groups in total. The number of benzene rings is 1. The lowest BCUT2D eigenvalue weighted by molar-refractivity contribution is 0.315. The average Bonchev–Trinajstić information content (AvgIpc) is 2.50. The topological polar surface area (TPSA) is 43.3 Å². The first-order valence-electron chi connectivity index (χ1n) is 3.00. The van der Waals surface area contributed by atoms with Gasteiger partial charge in [-0.1, -0.05) is 11.2 Å². The molecule has 0 unspecified atom stereocenters. The second-order valence-electron chi connectivity index (χ2n) is 2.05. The van der Waals surface area contributed by atoms with Gasteiger partial charge in [0.15, 0.2) is 5.69 Å². The second-order valence-corrected chi connectivity index (χ2v) is 2.05. The molecule has 0 saturated heterocycles. The van der Waals surface area contributed by atoms with Gasteiger partial charge < -0.3 is 0 Å². The lowest BCUT2D eigenvalue weighted by Gasteiger charge is -1.83. The number of nitrogens with zero attached hydrogens (tertiary/aromatic N) is 3. The maximum atomic E-state index is 6.72. The zero-order valence-corrected chi connectivity index (χ0v) is 5.48. The number of hydrogen-bond donors (Lipinski definition) is 0. The molecule has 0 bridgehead atoms.